The van der Waals surface area contributed by atoms with Gasteiger partial charge in [-0.25, -0.2) is 0 Å². The van der Waals surface area contributed by atoms with Crippen LogP contribution in [0.1, 0.15) is 64.4 Å². The third kappa shape index (κ3) is 7.51. The van der Waals surface area contributed by atoms with Crippen LogP contribution >= 0.6 is 0 Å². The average molecular weight is 384 g/mol. The van der Waals surface area contributed by atoms with Gasteiger partial charge in [0.15, 0.2) is 4.87 Å². The van der Waals surface area contributed by atoms with Crippen LogP contribution in [0.15, 0.2) is 48.5 Å². The fraction of sp³-hybridized carbons (Fsp3) is 0.435. The standard InChI is InChI=1S/C23H31N2O3/c1-3-5-7-8-10-23(26)28-22-17-15-21(16-18-22)25(27)24-20-13-11-19(12-14-20)9-6-4-2/h11-18H,3-10H2,1-2H3,(H,24,27)/q+1. The summed E-state index contributed by atoms with van der Waals surface area (Å²) in [5.74, 6) is 0.224. The molecule has 1 N–H and O–H groups in total. The largest absolute Gasteiger partial charge is 0.427 e. The number of nitroso groups, excluding NO2 is 1. The molecule has 5 nitrogen and oxygen atoms in total. The van der Waals surface area contributed by atoms with Gasteiger partial charge in [-0.1, -0.05) is 51.7 Å². The lowest BCUT2D eigenvalue weighted by molar-refractivity contribution is -0.427. The first-order valence-corrected chi connectivity index (χ1v) is 10.3. The number of esters is 1. The predicted molar refractivity (Wildman–Crippen MR) is 113 cm³/mol. The summed E-state index contributed by atoms with van der Waals surface area (Å²) in [6, 6.07) is 14.4. The fourth-order valence-corrected chi connectivity index (χ4v) is 2.84. The van der Waals surface area contributed by atoms with Crippen LogP contribution in [0.5, 0.6) is 5.75 Å². The van der Waals surface area contributed by atoms with Crippen LogP contribution < -0.4 is 10.2 Å². The molecule has 0 fully saturated rings. The van der Waals surface area contributed by atoms with Crippen molar-refractivity contribution in [2.24, 2.45) is 0 Å². The number of ether oxygens (including phenoxy) is 1. The van der Waals surface area contributed by atoms with Gasteiger partial charge < -0.3 is 4.74 Å². The summed E-state index contributed by atoms with van der Waals surface area (Å²) in [5, 5.41) is 0. The van der Waals surface area contributed by atoms with Gasteiger partial charge in [-0.3, -0.25) is 4.79 Å². The lowest BCUT2D eigenvalue weighted by atomic mass is 10.1. The zero-order chi connectivity index (χ0) is 20.2. The molecule has 0 radical (unpaired) electrons. The number of carbonyl (C=O) groups excluding carboxylic acids is 1. The zero-order valence-corrected chi connectivity index (χ0v) is 16.9. The molecule has 0 atom stereocenters. The van der Waals surface area contributed by atoms with Crippen molar-refractivity contribution in [3.05, 3.63) is 59.0 Å². The molecule has 0 saturated heterocycles. The van der Waals surface area contributed by atoms with Gasteiger partial charge in [0.2, 0.25) is 0 Å². The summed E-state index contributed by atoms with van der Waals surface area (Å²) in [4.78, 5) is 24.8. The highest BCUT2D eigenvalue weighted by atomic mass is 16.5. The number of benzene rings is 2. The van der Waals surface area contributed by atoms with Gasteiger partial charge in [0.1, 0.15) is 11.4 Å². The van der Waals surface area contributed by atoms with E-state index in [0.29, 0.717) is 22.7 Å². The molecule has 0 saturated carbocycles. The Morgan fingerprint density at radius 3 is 2.21 bits per heavy atom. The van der Waals surface area contributed by atoms with Crippen LogP contribution in [0.3, 0.4) is 0 Å². The summed E-state index contributed by atoms with van der Waals surface area (Å²) < 4.78 is 5.31. The second-order valence-electron chi connectivity index (χ2n) is 6.99. The maximum Gasteiger partial charge on any atom is 0.311 e. The van der Waals surface area contributed by atoms with E-state index in [1.807, 2.05) is 24.3 Å². The van der Waals surface area contributed by atoms with Crippen LogP contribution in [0, 0.1) is 4.91 Å². The molecule has 0 aliphatic carbocycles. The molecule has 0 amide bonds. The van der Waals surface area contributed by atoms with Gasteiger partial charge in [-0.05, 0) is 49.1 Å². The van der Waals surface area contributed by atoms with Crippen molar-refractivity contribution in [1.82, 2.24) is 0 Å². The molecule has 0 aliphatic rings. The van der Waals surface area contributed by atoms with Crippen LogP contribution in [0.4, 0.5) is 11.4 Å². The number of hydrogen-bond acceptors (Lipinski definition) is 3. The van der Waals surface area contributed by atoms with E-state index in [-0.39, 0.29) is 5.97 Å². The Kier molecular flexibility index (Phi) is 9.19. The van der Waals surface area contributed by atoms with Crippen molar-refractivity contribution in [1.29, 1.82) is 0 Å². The first-order chi connectivity index (χ1) is 13.6. The summed E-state index contributed by atoms with van der Waals surface area (Å²) >= 11 is 0. The first kappa shape index (κ1) is 21.6. The van der Waals surface area contributed by atoms with Crippen molar-refractivity contribution in [3.63, 3.8) is 0 Å². The molecule has 0 aromatic heterocycles. The Morgan fingerprint density at radius 1 is 0.893 bits per heavy atom. The zero-order valence-electron chi connectivity index (χ0n) is 16.9. The number of unbranched alkanes of at least 4 members (excludes halogenated alkanes) is 4. The topological polar surface area (TPSA) is 58.4 Å². The summed E-state index contributed by atoms with van der Waals surface area (Å²) in [6.07, 6.45) is 7.96. The van der Waals surface area contributed by atoms with Crippen LogP contribution in [-0.2, 0) is 11.2 Å². The summed E-state index contributed by atoms with van der Waals surface area (Å²) in [5.41, 5.74) is 5.26. The Hall–Kier alpha value is -2.69. The maximum atomic E-state index is 12.3. The normalized spacial score (nSPS) is 10.5. The number of anilines is 1. The molecular formula is C23H31N2O3+. The quantitative estimate of drug-likeness (QED) is 0.153. The highest BCUT2D eigenvalue weighted by Gasteiger charge is 2.15. The van der Waals surface area contributed by atoms with E-state index in [2.05, 4.69) is 19.3 Å². The number of aryl methyl sites for hydroxylation is 1. The summed E-state index contributed by atoms with van der Waals surface area (Å²) in [6.45, 7) is 4.31. The molecule has 0 bridgehead atoms. The third-order valence-electron chi connectivity index (χ3n) is 4.54. The van der Waals surface area contributed by atoms with Crippen molar-refractivity contribution in [2.45, 2.75) is 65.2 Å². The van der Waals surface area contributed by atoms with Gasteiger partial charge in [-0.15, -0.1) is 5.43 Å². The van der Waals surface area contributed by atoms with Crippen LogP contribution in [0.2, 0.25) is 0 Å². The molecule has 5 heteroatoms. The van der Waals surface area contributed by atoms with Crippen molar-refractivity contribution in [3.8, 4) is 5.75 Å². The molecule has 0 heterocycles. The molecule has 0 unspecified atom stereocenters. The minimum atomic E-state index is -0.232. The number of rotatable bonds is 12. The summed E-state index contributed by atoms with van der Waals surface area (Å²) in [7, 11) is 0. The minimum Gasteiger partial charge on any atom is -0.427 e. The van der Waals surface area contributed by atoms with Gasteiger partial charge >= 0.3 is 5.97 Å². The SMILES string of the molecule is CCCCCCC(=O)Oc1ccc([N+](=O)Nc2ccc(CCCC)cc2)cc1. The van der Waals surface area contributed by atoms with Crippen molar-refractivity contribution in [2.75, 3.05) is 5.43 Å². The Balaban J connectivity index is 1.83. The smallest absolute Gasteiger partial charge is 0.311 e. The van der Waals surface area contributed by atoms with Gasteiger partial charge in [0.05, 0.1) is 4.91 Å². The Morgan fingerprint density at radius 2 is 1.57 bits per heavy atom. The van der Waals surface area contributed by atoms with Crippen molar-refractivity contribution >= 4 is 17.3 Å². The number of nitrogens with zero attached hydrogens (tertiary/aromatic N) is 1. The molecule has 0 spiro atoms. The predicted octanol–water partition coefficient (Wildman–Crippen LogP) is 6.34. The van der Waals surface area contributed by atoms with E-state index >= 15 is 0 Å². The van der Waals surface area contributed by atoms with Gasteiger partial charge in [-0.2, -0.15) is 0 Å². The van der Waals surface area contributed by atoms with Gasteiger partial charge in [0.25, 0.3) is 5.69 Å². The minimum absolute atomic E-state index is 0.232. The Bertz CT molecular complexity index is 739. The molecule has 28 heavy (non-hydrogen) atoms. The molecular weight excluding hydrogens is 352 g/mol. The maximum absolute atomic E-state index is 12.3. The van der Waals surface area contributed by atoms with E-state index in [9.17, 15) is 9.70 Å². The van der Waals surface area contributed by atoms with E-state index < -0.39 is 0 Å². The monoisotopic (exact) mass is 383 g/mol. The fourth-order valence-electron chi connectivity index (χ4n) is 2.84. The lowest BCUT2D eigenvalue weighted by Crippen LogP contribution is -2.10. The Labute approximate surface area is 167 Å². The highest BCUT2D eigenvalue weighted by Crippen LogP contribution is 2.20. The highest BCUT2D eigenvalue weighted by molar-refractivity contribution is 5.72. The number of carbonyl (C=O) groups is 1. The van der Waals surface area contributed by atoms with E-state index in [4.69, 9.17) is 4.74 Å². The van der Waals surface area contributed by atoms with E-state index in [0.717, 1.165) is 44.2 Å². The van der Waals surface area contributed by atoms with E-state index in [1.54, 1.807) is 24.3 Å². The molecule has 2 aromatic rings. The molecule has 0 aliphatic heterocycles. The molecule has 2 rings (SSSR count). The third-order valence-corrected chi connectivity index (χ3v) is 4.54. The molecule has 150 valence electrons. The number of hydrogen-bond donors (Lipinski definition) is 1. The van der Waals surface area contributed by atoms with E-state index in [1.165, 1.54) is 12.0 Å². The second kappa shape index (κ2) is 11.9. The molecule has 2 aromatic carbocycles. The number of hydrazine groups is 1. The van der Waals surface area contributed by atoms with Crippen LogP contribution in [0.25, 0.3) is 0 Å². The first-order valence-electron chi connectivity index (χ1n) is 10.3. The number of nitrogens with one attached hydrogen (secondary N) is 1. The average Bonchev–Trinajstić information content (AvgIpc) is 2.71. The second-order valence-corrected chi connectivity index (χ2v) is 6.99. The van der Waals surface area contributed by atoms with Gasteiger partial charge in [0, 0.05) is 18.6 Å². The van der Waals surface area contributed by atoms with Crippen molar-refractivity contribution < 1.29 is 14.4 Å². The van der Waals surface area contributed by atoms with Crippen LogP contribution in [-0.4, -0.2) is 10.8 Å². The lowest BCUT2D eigenvalue weighted by Gasteiger charge is -2.04.